The second-order valence-corrected chi connectivity index (χ2v) is 4.42. The SMILES string of the molecule is FC(F)(F)c1ncc(-c2ccc3c(c2)CCCO3)[nH]1. The van der Waals surface area contributed by atoms with E-state index in [2.05, 4.69) is 9.97 Å². The Morgan fingerprint density at radius 2 is 2.11 bits per heavy atom. The van der Waals surface area contributed by atoms with Crippen molar-refractivity contribution in [2.75, 3.05) is 6.61 Å². The van der Waals surface area contributed by atoms with Crippen LogP contribution in [-0.2, 0) is 12.6 Å². The second kappa shape index (κ2) is 4.29. The molecule has 1 N–H and O–H groups in total. The van der Waals surface area contributed by atoms with Gasteiger partial charge in [-0.1, -0.05) is 0 Å². The van der Waals surface area contributed by atoms with Gasteiger partial charge in [-0.25, -0.2) is 4.98 Å². The van der Waals surface area contributed by atoms with Crippen molar-refractivity contribution in [1.82, 2.24) is 9.97 Å². The number of fused-ring (bicyclic) bond motifs is 1. The van der Waals surface area contributed by atoms with Crippen molar-refractivity contribution in [2.24, 2.45) is 0 Å². The quantitative estimate of drug-likeness (QED) is 0.860. The zero-order valence-corrected chi connectivity index (χ0v) is 9.92. The van der Waals surface area contributed by atoms with Gasteiger partial charge in [-0.2, -0.15) is 13.2 Å². The Bertz CT molecular complexity index is 604. The molecule has 0 amide bonds. The van der Waals surface area contributed by atoms with Crippen LogP contribution in [0.15, 0.2) is 24.4 Å². The van der Waals surface area contributed by atoms with E-state index >= 15 is 0 Å². The third-order valence-electron chi connectivity index (χ3n) is 3.06. The van der Waals surface area contributed by atoms with Gasteiger partial charge in [0.15, 0.2) is 0 Å². The molecule has 6 heteroatoms. The van der Waals surface area contributed by atoms with Crippen molar-refractivity contribution in [3.05, 3.63) is 35.8 Å². The topological polar surface area (TPSA) is 37.9 Å². The summed E-state index contributed by atoms with van der Waals surface area (Å²) in [5.41, 5.74) is 2.07. The molecular formula is C13H11F3N2O. The Hall–Kier alpha value is -1.98. The Morgan fingerprint density at radius 1 is 1.26 bits per heavy atom. The molecule has 2 aromatic rings. The first-order valence-electron chi connectivity index (χ1n) is 5.92. The van der Waals surface area contributed by atoms with E-state index in [1.807, 2.05) is 6.07 Å². The third kappa shape index (κ3) is 2.30. The minimum atomic E-state index is -4.45. The van der Waals surface area contributed by atoms with Crippen LogP contribution >= 0.6 is 0 Å². The largest absolute Gasteiger partial charge is 0.493 e. The Balaban J connectivity index is 1.96. The number of ether oxygens (including phenoxy) is 1. The van der Waals surface area contributed by atoms with Crippen LogP contribution < -0.4 is 4.74 Å². The maximum Gasteiger partial charge on any atom is 0.449 e. The molecule has 0 aliphatic carbocycles. The van der Waals surface area contributed by atoms with Gasteiger partial charge in [0.25, 0.3) is 0 Å². The lowest BCUT2D eigenvalue weighted by Crippen LogP contribution is -2.08. The Kier molecular flexibility index (Phi) is 2.73. The summed E-state index contributed by atoms with van der Waals surface area (Å²) < 4.78 is 42.9. The van der Waals surface area contributed by atoms with E-state index in [0.29, 0.717) is 17.9 Å². The highest BCUT2D eigenvalue weighted by Crippen LogP contribution is 2.32. The second-order valence-electron chi connectivity index (χ2n) is 4.42. The van der Waals surface area contributed by atoms with Crippen LogP contribution in [0.3, 0.4) is 0 Å². The van der Waals surface area contributed by atoms with E-state index in [-0.39, 0.29) is 0 Å². The molecule has 1 aliphatic rings. The molecule has 0 bridgehead atoms. The minimum absolute atomic E-state index is 0.362. The van der Waals surface area contributed by atoms with Crippen molar-refractivity contribution in [3.8, 4) is 17.0 Å². The van der Waals surface area contributed by atoms with E-state index < -0.39 is 12.0 Å². The summed E-state index contributed by atoms with van der Waals surface area (Å²) in [6.07, 6.45) is -1.44. The van der Waals surface area contributed by atoms with E-state index in [1.165, 1.54) is 6.20 Å². The van der Waals surface area contributed by atoms with E-state index in [1.54, 1.807) is 12.1 Å². The summed E-state index contributed by atoms with van der Waals surface area (Å²) in [7, 11) is 0. The first kappa shape index (κ1) is 12.1. The number of hydrogen-bond acceptors (Lipinski definition) is 2. The molecule has 3 rings (SSSR count). The smallest absolute Gasteiger partial charge is 0.449 e. The first-order chi connectivity index (χ1) is 9.04. The molecule has 19 heavy (non-hydrogen) atoms. The molecule has 0 unspecified atom stereocenters. The predicted octanol–water partition coefficient (Wildman–Crippen LogP) is 3.42. The number of aryl methyl sites for hydroxylation is 1. The number of alkyl halides is 3. The number of imidazole rings is 1. The van der Waals surface area contributed by atoms with Gasteiger partial charge in [-0.15, -0.1) is 0 Å². The normalized spacial score (nSPS) is 14.9. The number of nitrogens with one attached hydrogen (secondary N) is 1. The average Bonchev–Trinajstić information content (AvgIpc) is 2.87. The van der Waals surface area contributed by atoms with Gasteiger partial charge in [0.2, 0.25) is 5.82 Å². The molecule has 0 saturated heterocycles. The number of hydrogen-bond donors (Lipinski definition) is 1. The van der Waals surface area contributed by atoms with Gasteiger partial charge in [0.05, 0.1) is 18.5 Å². The van der Waals surface area contributed by atoms with Crippen LogP contribution in [0.4, 0.5) is 13.2 Å². The van der Waals surface area contributed by atoms with Crippen molar-refractivity contribution >= 4 is 0 Å². The number of benzene rings is 1. The number of H-pyrrole nitrogens is 1. The fraction of sp³-hybridized carbons (Fsp3) is 0.308. The van der Waals surface area contributed by atoms with Gasteiger partial charge in [-0.05, 0) is 36.6 Å². The zero-order chi connectivity index (χ0) is 13.5. The highest BCUT2D eigenvalue weighted by atomic mass is 19.4. The molecule has 3 nitrogen and oxygen atoms in total. The number of nitrogens with zero attached hydrogens (tertiary/aromatic N) is 1. The molecule has 2 heterocycles. The van der Waals surface area contributed by atoms with Crippen molar-refractivity contribution < 1.29 is 17.9 Å². The molecule has 0 atom stereocenters. The van der Waals surface area contributed by atoms with Crippen LogP contribution in [0.25, 0.3) is 11.3 Å². The number of halogens is 3. The van der Waals surface area contributed by atoms with Gasteiger partial charge in [0.1, 0.15) is 5.75 Å². The van der Waals surface area contributed by atoms with Crippen LogP contribution in [0.5, 0.6) is 5.75 Å². The van der Waals surface area contributed by atoms with Gasteiger partial charge in [0, 0.05) is 5.56 Å². The molecule has 0 radical (unpaired) electrons. The van der Waals surface area contributed by atoms with Gasteiger partial charge >= 0.3 is 6.18 Å². The summed E-state index contributed by atoms with van der Waals surface area (Å²) in [6, 6.07) is 5.37. The van der Waals surface area contributed by atoms with E-state index in [0.717, 1.165) is 24.2 Å². The summed E-state index contributed by atoms with van der Waals surface area (Å²) in [5, 5.41) is 0. The monoisotopic (exact) mass is 268 g/mol. The predicted molar refractivity (Wildman–Crippen MR) is 62.8 cm³/mol. The van der Waals surface area contributed by atoms with Crippen LogP contribution in [-0.4, -0.2) is 16.6 Å². The number of rotatable bonds is 1. The Labute approximate surface area is 107 Å². The molecule has 1 aliphatic heterocycles. The lowest BCUT2D eigenvalue weighted by atomic mass is 10.0. The lowest BCUT2D eigenvalue weighted by molar-refractivity contribution is -0.144. The molecule has 0 saturated carbocycles. The summed E-state index contributed by atoms with van der Waals surface area (Å²) in [6.45, 7) is 0.689. The molecular weight excluding hydrogens is 257 g/mol. The van der Waals surface area contributed by atoms with E-state index in [4.69, 9.17) is 4.74 Å². The number of aromatic amines is 1. The van der Waals surface area contributed by atoms with Gasteiger partial charge in [-0.3, -0.25) is 0 Å². The van der Waals surface area contributed by atoms with E-state index in [9.17, 15) is 13.2 Å². The lowest BCUT2D eigenvalue weighted by Gasteiger charge is -2.17. The summed E-state index contributed by atoms with van der Waals surface area (Å²) >= 11 is 0. The third-order valence-corrected chi connectivity index (χ3v) is 3.06. The summed E-state index contributed by atoms with van der Waals surface area (Å²) in [5.74, 6) is -0.165. The van der Waals surface area contributed by atoms with Gasteiger partial charge < -0.3 is 9.72 Å². The summed E-state index contributed by atoms with van der Waals surface area (Å²) in [4.78, 5) is 5.66. The van der Waals surface area contributed by atoms with Crippen molar-refractivity contribution in [2.45, 2.75) is 19.0 Å². The Morgan fingerprint density at radius 3 is 2.84 bits per heavy atom. The van der Waals surface area contributed by atoms with Crippen molar-refractivity contribution in [1.29, 1.82) is 0 Å². The maximum absolute atomic E-state index is 12.5. The highest BCUT2D eigenvalue weighted by Gasteiger charge is 2.34. The van der Waals surface area contributed by atoms with Crippen LogP contribution in [0.2, 0.25) is 0 Å². The van der Waals surface area contributed by atoms with Crippen LogP contribution in [0, 0.1) is 0 Å². The molecule has 1 aromatic heterocycles. The van der Waals surface area contributed by atoms with Crippen molar-refractivity contribution in [3.63, 3.8) is 0 Å². The first-order valence-corrected chi connectivity index (χ1v) is 5.92. The fourth-order valence-electron chi connectivity index (χ4n) is 2.14. The molecule has 0 spiro atoms. The molecule has 0 fully saturated rings. The number of aromatic nitrogens is 2. The molecule has 100 valence electrons. The average molecular weight is 268 g/mol. The minimum Gasteiger partial charge on any atom is -0.493 e. The maximum atomic E-state index is 12.5. The zero-order valence-electron chi connectivity index (χ0n) is 9.92. The standard InChI is InChI=1S/C13H11F3N2O/c14-13(15,16)12-17-7-10(18-12)8-3-4-11-9(6-8)2-1-5-19-11/h3-4,6-7H,1-2,5H2,(H,17,18). The fourth-order valence-corrected chi connectivity index (χ4v) is 2.14. The highest BCUT2D eigenvalue weighted by molar-refractivity contribution is 5.62. The molecule has 1 aromatic carbocycles. The van der Waals surface area contributed by atoms with Crippen LogP contribution in [0.1, 0.15) is 17.8 Å².